The lowest BCUT2D eigenvalue weighted by molar-refractivity contribution is -0.125. The summed E-state index contributed by atoms with van der Waals surface area (Å²) in [6.45, 7) is 4.41. The standard InChI is InChI=1S/C15H19ClN2O3S/c1-3-15(19)18-9-8-14(10-18)17(2)22(20,21)11-12-4-6-13(16)7-5-12/h3-7,14H,1,8-11H2,2H3/t14-/m1/s1. The van der Waals surface area contributed by atoms with E-state index in [-0.39, 0.29) is 17.7 Å². The number of rotatable bonds is 5. The topological polar surface area (TPSA) is 57.7 Å². The summed E-state index contributed by atoms with van der Waals surface area (Å²) in [5.41, 5.74) is 0.688. The Morgan fingerprint density at radius 2 is 2.09 bits per heavy atom. The number of benzene rings is 1. The van der Waals surface area contributed by atoms with Gasteiger partial charge in [0.15, 0.2) is 0 Å². The lowest BCUT2D eigenvalue weighted by Crippen LogP contribution is -2.40. The van der Waals surface area contributed by atoms with Crippen LogP contribution >= 0.6 is 11.6 Å². The molecule has 1 aliphatic rings. The summed E-state index contributed by atoms with van der Waals surface area (Å²) in [7, 11) is -1.87. The van der Waals surface area contributed by atoms with Crippen LogP contribution in [0.15, 0.2) is 36.9 Å². The second kappa shape index (κ2) is 6.81. The fourth-order valence-corrected chi connectivity index (χ4v) is 4.06. The third-order valence-electron chi connectivity index (χ3n) is 3.86. The SMILES string of the molecule is C=CC(=O)N1CC[C@@H](N(C)S(=O)(=O)Cc2ccc(Cl)cc2)C1. The Morgan fingerprint density at radius 1 is 1.45 bits per heavy atom. The van der Waals surface area contributed by atoms with Gasteiger partial charge in [-0.1, -0.05) is 30.3 Å². The summed E-state index contributed by atoms with van der Waals surface area (Å²) in [5.74, 6) is -0.238. The predicted octanol–water partition coefficient (Wildman–Crippen LogP) is 1.89. The van der Waals surface area contributed by atoms with E-state index < -0.39 is 10.0 Å². The minimum Gasteiger partial charge on any atom is -0.338 e. The van der Waals surface area contributed by atoms with Crippen molar-refractivity contribution in [1.82, 2.24) is 9.21 Å². The van der Waals surface area contributed by atoms with E-state index in [1.165, 1.54) is 10.4 Å². The largest absolute Gasteiger partial charge is 0.338 e. The molecule has 0 aromatic heterocycles. The molecule has 120 valence electrons. The molecule has 1 aromatic carbocycles. The third kappa shape index (κ3) is 3.88. The fourth-order valence-electron chi connectivity index (χ4n) is 2.49. The Kier molecular flexibility index (Phi) is 5.26. The summed E-state index contributed by atoms with van der Waals surface area (Å²) in [6.07, 6.45) is 1.89. The van der Waals surface area contributed by atoms with Crippen LogP contribution in [0, 0.1) is 0 Å². The summed E-state index contributed by atoms with van der Waals surface area (Å²) in [5, 5.41) is 0.573. The second-order valence-corrected chi connectivity index (χ2v) is 7.79. The Labute approximate surface area is 136 Å². The monoisotopic (exact) mass is 342 g/mol. The molecule has 0 saturated carbocycles. The normalized spacial score (nSPS) is 18.7. The number of likely N-dealkylation sites (N-methyl/N-ethyl adjacent to an activating group) is 1. The smallest absolute Gasteiger partial charge is 0.246 e. The maximum Gasteiger partial charge on any atom is 0.246 e. The molecule has 1 fully saturated rings. The number of nitrogens with zero attached hydrogens (tertiary/aromatic N) is 2. The van der Waals surface area contributed by atoms with Gasteiger partial charge in [0.2, 0.25) is 15.9 Å². The Hall–Kier alpha value is -1.37. The first-order valence-electron chi connectivity index (χ1n) is 6.95. The Bertz CT molecular complexity index is 658. The summed E-state index contributed by atoms with van der Waals surface area (Å²) in [4.78, 5) is 13.2. The first kappa shape index (κ1) is 17.0. The van der Waals surface area contributed by atoms with Gasteiger partial charge in [-0.25, -0.2) is 8.42 Å². The van der Waals surface area contributed by atoms with Crippen molar-refractivity contribution in [1.29, 1.82) is 0 Å². The van der Waals surface area contributed by atoms with Crippen LogP contribution in [0.1, 0.15) is 12.0 Å². The molecule has 0 aliphatic carbocycles. The minimum absolute atomic E-state index is 0.0768. The number of hydrogen-bond donors (Lipinski definition) is 0. The summed E-state index contributed by atoms with van der Waals surface area (Å²) >= 11 is 5.80. The average Bonchev–Trinajstić information content (AvgIpc) is 2.97. The minimum atomic E-state index is -3.44. The molecular formula is C15H19ClN2O3S. The van der Waals surface area contributed by atoms with Gasteiger partial charge in [-0.2, -0.15) is 4.31 Å². The molecule has 0 radical (unpaired) electrons. The van der Waals surface area contributed by atoms with Gasteiger partial charge in [-0.3, -0.25) is 4.79 Å². The Balaban J connectivity index is 2.05. The number of sulfonamides is 1. The van der Waals surface area contributed by atoms with Crippen LogP contribution < -0.4 is 0 Å². The zero-order valence-electron chi connectivity index (χ0n) is 12.4. The van der Waals surface area contributed by atoms with Crippen molar-refractivity contribution in [2.24, 2.45) is 0 Å². The zero-order valence-corrected chi connectivity index (χ0v) is 14.0. The average molecular weight is 343 g/mol. The van der Waals surface area contributed by atoms with Gasteiger partial charge in [-0.05, 0) is 30.2 Å². The van der Waals surface area contributed by atoms with Gasteiger partial charge >= 0.3 is 0 Å². The molecule has 1 saturated heterocycles. The molecule has 1 atom stereocenters. The van der Waals surface area contributed by atoms with E-state index in [1.54, 1.807) is 36.2 Å². The van der Waals surface area contributed by atoms with Crippen molar-refractivity contribution in [3.8, 4) is 0 Å². The molecule has 1 aliphatic heterocycles. The van der Waals surface area contributed by atoms with Crippen LogP contribution in [0.3, 0.4) is 0 Å². The van der Waals surface area contributed by atoms with Crippen molar-refractivity contribution in [2.45, 2.75) is 18.2 Å². The van der Waals surface area contributed by atoms with Crippen LogP contribution in [0.2, 0.25) is 5.02 Å². The van der Waals surface area contributed by atoms with Crippen LogP contribution in [0.5, 0.6) is 0 Å². The number of carbonyl (C=O) groups excluding carboxylic acids is 1. The highest BCUT2D eigenvalue weighted by atomic mass is 35.5. The number of carbonyl (C=O) groups is 1. The molecule has 0 unspecified atom stereocenters. The molecular weight excluding hydrogens is 324 g/mol. The van der Waals surface area contributed by atoms with Crippen molar-refractivity contribution in [2.75, 3.05) is 20.1 Å². The third-order valence-corrected chi connectivity index (χ3v) is 5.99. The van der Waals surface area contributed by atoms with Crippen molar-refractivity contribution >= 4 is 27.5 Å². The van der Waals surface area contributed by atoms with E-state index >= 15 is 0 Å². The highest BCUT2D eigenvalue weighted by Gasteiger charge is 2.33. The molecule has 0 bridgehead atoms. The first-order valence-corrected chi connectivity index (χ1v) is 8.93. The van der Waals surface area contributed by atoms with Crippen LogP contribution in [-0.4, -0.2) is 49.7 Å². The lowest BCUT2D eigenvalue weighted by atomic mass is 10.2. The van der Waals surface area contributed by atoms with Crippen LogP contribution in [-0.2, 0) is 20.6 Å². The maximum atomic E-state index is 12.5. The maximum absolute atomic E-state index is 12.5. The molecule has 2 rings (SSSR count). The van der Waals surface area contributed by atoms with E-state index in [0.29, 0.717) is 30.1 Å². The van der Waals surface area contributed by atoms with E-state index in [1.807, 2.05) is 0 Å². The van der Waals surface area contributed by atoms with E-state index in [0.717, 1.165) is 0 Å². The van der Waals surface area contributed by atoms with Crippen molar-refractivity contribution in [3.05, 3.63) is 47.5 Å². The molecule has 0 N–H and O–H groups in total. The summed E-state index contributed by atoms with van der Waals surface area (Å²) in [6, 6.07) is 6.56. The van der Waals surface area contributed by atoms with Gasteiger partial charge in [0.1, 0.15) is 0 Å². The lowest BCUT2D eigenvalue weighted by Gasteiger charge is -2.24. The molecule has 5 nitrogen and oxygen atoms in total. The van der Waals surface area contributed by atoms with Crippen molar-refractivity contribution in [3.63, 3.8) is 0 Å². The zero-order chi connectivity index (χ0) is 16.3. The van der Waals surface area contributed by atoms with Gasteiger partial charge in [0.05, 0.1) is 5.75 Å². The fraction of sp³-hybridized carbons (Fsp3) is 0.400. The highest BCUT2D eigenvalue weighted by Crippen LogP contribution is 2.20. The van der Waals surface area contributed by atoms with Gasteiger partial charge < -0.3 is 4.90 Å². The summed E-state index contributed by atoms with van der Waals surface area (Å²) < 4.78 is 26.3. The van der Waals surface area contributed by atoms with E-state index in [4.69, 9.17) is 11.6 Å². The van der Waals surface area contributed by atoms with Crippen LogP contribution in [0.25, 0.3) is 0 Å². The molecule has 22 heavy (non-hydrogen) atoms. The van der Waals surface area contributed by atoms with E-state index in [2.05, 4.69) is 6.58 Å². The van der Waals surface area contributed by atoms with Crippen LogP contribution in [0.4, 0.5) is 0 Å². The number of likely N-dealkylation sites (tertiary alicyclic amines) is 1. The van der Waals surface area contributed by atoms with Gasteiger partial charge in [-0.15, -0.1) is 0 Å². The molecule has 1 aromatic rings. The Morgan fingerprint density at radius 3 is 2.68 bits per heavy atom. The quantitative estimate of drug-likeness (QED) is 0.768. The molecule has 0 spiro atoms. The van der Waals surface area contributed by atoms with Gasteiger partial charge in [0, 0.05) is 31.2 Å². The van der Waals surface area contributed by atoms with Gasteiger partial charge in [0.25, 0.3) is 0 Å². The number of hydrogen-bond acceptors (Lipinski definition) is 3. The van der Waals surface area contributed by atoms with Crippen molar-refractivity contribution < 1.29 is 13.2 Å². The molecule has 1 amide bonds. The molecule has 1 heterocycles. The first-order chi connectivity index (χ1) is 10.3. The number of amides is 1. The molecule has 7 heteroatoms. The number of halogens is 1. The predicted molar refractivity (Wildman–Crippen MR) is 87.0 cm³/mol. The second-order valence-electron chi connectivity index (χ2n) is 5.33. The van der Waals surface area contributed by atoms with E-state index in [9.17, 15) is 13.2 Å². The highest BCUT2D eigenvalue weighted by molar-refractivity contribution is 7.88.